The summed E-state index contributed by atoms with van der Waals surface area (Å²) < 4.78 is 1.98. The molecule has 96 valence electrons. The first kappa shape index (κ1) is 12.8. The molecule has 0 spiro atoms. The molecule has 18 heavy (non-hydrogen) atoms. The number of nitrogens with zero attached hydrogens (tertiary/aromatic N) is 3. The standard InChI is InChI=1S/C14H20N4/c1-2-3-9-14-13(10-15)16-17-18(14)11-12-7-5-4-6-8-12/h4-8H,2-3,9-11,15H2,1H3. The van der Waals surface area contributed by atoms with E-state index in [-0.39, 0.29) is 0 Å². The van der Waals surface area contributed by atoms with Gasteiger partial charge in [-0.25, -0.2) is 4.68 Å². The van der Waals surface area contributed by atoms with E-state index in [0.717, 1.165) is 25.1 Å². The van der Waals surface area contributed by atoms with Gasteiger partial charge in [-0.3, -0.25) is 0 Å². The molecule has 0 aliphatic rings. The van der Waals surface area contributed by atoms with E-state index < -0.39 is 0 Å². The van der Waals surface area contributed by atoms with E-state index in [0.29, 0.717) is 6.54 Å². The molecule has 4 heteroatoms. The molecule has 2 aromatic rings. The zero-order valence-electron chi connectivity index (χ0n) is 10.8. The summed E-state index contributed by atoms with van der Waals surface area (Å²) in [4.78, 5) is 0. The van der Waals surface area contributed by atoms with Gasteiger partial charge in [0, 0.05) is 6.54 Å². The van der Waals surface area contributed by atoms with Crippen molar-refractivity contribution in [1.29, 1.82) is 0 Å². The fraction of sp³-hybridized carbons (Fsp3) is 0.429. The Labute approximate surface area is 108 Å². The Kier molecular flexibility index (Phi) is 4.47. The third kappa shape index (κ3) is 2.96. The highest BCUT2D eigenvalue weighted by molar-refractivity contribution is 5.17. The number of hydrogen-bond donors (Lipinski definition) is 1. The van der Waals surface area contributed by atoms with Crippen LogP contribution in [0.15, 0.2) is 30.3 Å². The monoisotopic (exact) mass is 244 g/mol. The van der Waals surface area contributed by atoms with Crippen LogP contribution in [-0.2, 0) is 19.5 Å². The third-order valence-electron chi connectivity index (χ3n) is 3.05. The van der Waals surface area contributed by atoms with E-state index >= 15 is 0 Å². The van der Waals surface area contributed by atoms with E-state index in [2.05, 4.69) is 29.4 Å². The number of aromatic nitrogens is 3. The van der Waals surface area contributed by atoms with Crippen molar-refractivity contribution in [3.05, 3.63) is 47.3 Å². The van der Waals surface area contributed by atoms with Crippen molar-refractivity contribution in [3.63, 3.8) is 0 Å². The van der Waals surface area contributed by atoms with Gasteiger partial charge in [-0.15, -0.1) is 5.10 Å². The highest BCUT2D eigenvalue weighted by Crippen LogP contribution is 2.11. The number of benzene rings is 1. The maximum absolute atomic E-state index is 5.71. The number of rotatable bonds is 6. The van der Waals surface area contributed by atoms with E-state index in [4.69, 9.17) is 5.73 Å². The maximum Gasteiger partial charge on any atom is 0.0994 e. The summed E-state index contributed by atoms with van der Waals surface area (Å²) in [6, 6.07) is 10.3. The highest BCUT2D eigenvalue weighted by atomic mass is 15.4. The van der Waals surface area contributed by atoms with Crippen molar-refractivity contribution in [3.8, 4) is 0 Å². The summed E-state index contributed by atoms with van der Waals surface area (Å²) in [5.41, 5.74) is 9.07. The molecule has 1 aromatic heterocycles. The Balaban J connectivity index is 2.19. The van der Waals surface area contributed by atoms with Crippen LogP contribution < -0.4 is 5.73 Å². The molecule has 0 amide bonds. The Bertz CT molecular complexity index is 476. The molecule has 2 rings (SSSR count). The molecule has 0 radical (unpaired) electrons. The summed E-state index contributed by atoms with van der Waals surface area (Å²) >= 11 is 0. The Morgan fingerprint density at radius 2 is 2.00 bits per heavy atom. The second-order valence-electron chi connectivity index (χ2n) is 4.43. The van der Waals surface area contributed by atoms with Crippen LogP contribution in [0, 0.1) is 0 Å². The smallest absolute Gasteiger partial charge is 0.0994 e. The SMILES string of the molecule is CCCCc1c(CN)nnn1Cc1ccccc1. The highest BCUT2D eigenvalue weighted by Gasteiger charge is 2.11. The quantitative estimate of drug-likeness (QED) is 0.847. The van der Waals surface area contributed by atoms with Gasteiger partial charge in [0.15, 0.2) is 0 Å². The van der Waals surface area contributed by atoms with Crippen molar-refractivity contribution < 1.29 is 0 Å². The second kappa shape index (κ2) is 6.31. The zero-order chi connectivity index (χ0) is 12.8. The first-order valence-corrected chi connectivity index (χ1v) is 6.50. The third-order valence-corrected chi connectivity index (χ3v) is 3.05. The van der Waals surface area contributed by atoms with Gasteiger partial charge in [0.2, 0.25) is 0 Å². The van der Waals surface area contributed by atoms with Crippen molar-refractivity contribution in [2.75, 3.05) is 0 Å². The molecular formula is C14H20N4. The van der Waals surface area contributed by atoms with E-state index in [1.54, 1.807) is 0 Å². The summed E-state index contributed by atoms with van der Waals surface area (Å²) in [5.74, 6) is 0. The molecule has 4 nitrogen and oxygen atoms in total. The topological polar surface area (TPSA) is 56.7 Å². The van der Waals surface area contributed by atoms with Gasteiger partial charge >= 0.3 is 0 Å². The summed E-state index contributed by atoms with van der Waals surface area (Å²) in [6.45, 7) is 3.42. The minimum atomic E-state index is 0.466. The van der Waals surface area contributed by atoms with Crippen LogP contribution in [-0.4, -0.2) is 15.0 Å². The second-order valence-corrected chi connectivity index (χ2v) is 4.43. The molecular weight excluding hydrogens is 224 g/mol. The number of hydrogen-bond acceptors (Lipinski definition) is 3. The fourth-order valence-corrected chi connectivity index (χ4v) is 2.03. The molecule has 0 aliphatic heterocycles. The molecule has 0 bridgehead atoms. The lowest BCUT2D eigenvalue weighted by atomic mass is 10.1. The minimum Gasteiger partial charge on any atom is -0.325 e. The Morgan fingerprint density at radius 3 is 2.67 bits per heavy atom. The van der Waals surface area contributed by atoms with Gasteiger partial charge in [-0.05, 0) is 18.4 Å². The molecule has 0 saturated carbocycles. The molecule has 2 N–H and O–H groups in total. The molecule has 0 saturated heterocycles. The van der Waals surface area contributed by atoms with E-state index in [1.165, 1.54) is 17.7 Å². The van der Waals surface area contributed by atoms with Crippen LogP contribution in [0.1, 0.15) is 36.7 Å². The molecule has 1 heterocycles. The van der Waals surface area contributed by atoms with Gasteiger partial charge in [-0.2, -0.15) is 0 Å². The largest absolute Gasteiger partial charge is 0.325 e. The molecule has 0 aliphatic carbocycles. The van der Waals surface area contributed by atoms with Crippen LogP contribution in [0.5, 0.6) is 0 Å². The van der Waals surface area contributed by atoms with Crippen molar-refractivity contribution >= 4 is 0 Å². The maximum atomic E-state index is 5.71. The average molecular weight is 244 g/mol. The van der Waals surface area contributed by atoms with Crippen LogP contribution in [0.3, 0.4) is 0 Å². The van der Waals surface area contributed by atoms with Gasteiger partial charge in [0.25, 0.3) is 0 Å². The predicted molar refractivity (Wildman–Crippen MR) is 72.1 cm³/mol. The fourth-order valence-electron chi connectivity index (χ4n) is 2.03. The average Bonchev–Trinajstić information content (AvgIpc) is 2.79. The van der Waals surface area contributed by atoms with Crippen LogP contribution in [0.25, 0.3) is 0 Å². The summed E-state index contributed by atoms with van der Waals surface area (Å²) in [6.07, 6.45) is 3.32. The van der Waals surface area contributed by atoms with Gasteiger partial charge in [0.05, 0.1) is 17.9 Å². The minimum absolute atomic E-state index is 0.466. The Morgan fingerprint density at radius 1 is 1.22 bits per heavy atom. The first-order chi connectivity index (χ1) is 8.85. The molecule has 0 unspecified atom stereocenters. The van der Waals surface area contributed by atoms with Crippen LogP contribution >= 0.6 is 0 Å². The van der Waals surface area contributed by atoms with Crippen molar-refractivity contribution in [2.45, 2.75) is 39.3 Å². The van der Waals surface area contributed by atoms with Crippen LogP contribution in [0.2, 0.25) is 0 Å². The normalized spacial score (nSPS) is 10.8. The number of unbranched alkanes of at least 4 members (excludes halogenated alkanes) is 1. The van der Waals surface area contributed by atoms with Crippen molar-refractivity contribution in [1.82, 2.24) is 15.0 Å². The first-order valence-electron chi connectivity index (χ1n) is 6.50. The number of nitrogens with two attached hydrogens (primary N) is 1. The van der Waals surface area contributed by atoms with Crippen molar-refractivity contribution in [2.24, 2.45) is 5.73 Å². The van der Waals surface area contributed by atoms with Gasteiger partial charge in [0.1, 0.15) is 0 Å². The van der Waals surface area contributed by atoms with E-state index in [1.807, 2.05) is 22.9 Å². The summed E-state index contributed by atoms with van der Waals surface area (Å²) in [5, 5.41) is 8.39. The van der Waals surface area contributed by atoms with Crippen LogP contribution in [0.4, 0.5) is 0 Å². The summed E-state index contributed by atoms with van der Waals surface area (Å²) in [7, 11) is 0. The van der Waals surface area contributed by atoms with Gasteiger partial charge in [-0.1, -0.05) is 48.9 Å². The zero-order valence-corrected chi connectivity index (χ0v) is 10.8. The van der Waals surface area contributed by atoms with E-state index in [9.17, 15) is 0 Å². The Hall–Kier alpha value is -1.68. The molecule has 0 fully saturated rings. The molecule has 1 aromatic carbocycles. The lowest BCUT2D eigenvalue weighted by molar-refractivity contribution is 0.606. The lowest BCUT2D eigenvalue weighted by Gasteiger charge is -2.07. The lowest BCUT2D eigenvalue weighted by Crippen LogP contribution is -2.09. The predicted octanol–water partition coefficient (Wildman–Crippen LogP) is 2.13. The molecule has 0 atom stereocenters. The van der Waals surface area contributed by atoms with Gasteiger partial charge < -0.3 is 5.73 Å².